The van der Waals surface area contributed by atoms with Gasteiger partial charge in [0.15, 0.2) is 6.17 Å². The van der Waals surface area contributed by atoms with Crippen molar-refractivity contribution >= 4 is 0 Å². The van der Waals surface area contributed by atoms with Gasteiger partial charge in [0.2, 0.25) is 0 Å². The summed E-state index contributed by atoms with van der Waals surface area (Å²) >= 11 is 0. The third-order valence-electron chi connectivity index (χ3n) is 2.18. The highest BCUT2D eigenvalue weighted by atomic mass is 19.3. The van der Waals surface area contributed by atoms with E-state index in [2.05, 4.69) is 5.32 Å². The van der Waals surface area contributed by atoms with Crippen molar-refractivity contribution < 1.29 is 13.2 Å². The summed E-state index contributed by atoms with van der Waals surface area (Å²) in [4.78, 5) is 0. The number of benzene rings is 1. The van der Waals surface area contributed by atoms with Crippen LogP contribution in [0.3, 0.4) is 0 Å². The van der Waals surface area contributed by atoms with Crippen molar-refractivity contribution in [2.45, 2.75) is 19.0 Å². The fourth-order valence-corrected chi connectivity index (χ4v) is 1.28. The van der Waals surface area contributed by atoms with Gasteiger partial charge in [-0.2, -0.15) is 0 Å². The van der Waals surface area contributed by atoms with Crippen molar-refractivity contribution in [3.63, 3.8) is 0 Å². The molecule has 1 unspecified atom stereocenters. The second-order valence-corrected chi connectivity index (χ2v) is 3.33. The van der Waals surface area contributed by atoms with E-state index in [-0.39, 0.29) is 5.56 Å². The Balaban J connectivity index is 2.63. The topological polar surface area (TPSA) is 12.0 Å². The van der Waals surface area contributed by atoms with Crippen LogP contribution in [-0.4, -0.2) is 20.0 Å². The van der Waals surface area contributed by atoms with Crippen molar-refractivity contribution in [3.8, 4) is 0 Å². The van der Waals surface area contributed by atoms with Crippen molar-refractivity contribution in [2.75, 3.05) is 13.6 Å². The van der Waals surface area contributed by atoms with Crippen LogP contribution < -0.4 is 5.32 Å². The number of alkyl halides is 3. The fourth-order valence-electron chi connectivity index (χ4n) is 1.28. The Labute approximate surface area is 87.3 Å². The standard InChI is InChI=1S/C11H14F3N/c1-15-7-6-8-2-4-9(5-3-8)10(12)11(13)14/h2-5,10-11,15H,6-7H2,1H3. The van der Waals surface area contributed by atoms with E-state index in [9.17, 15) is 13.2 Å². The number of halogens is 3. The van der Waals surface area contributed by atoms with Crippen LogP contribution in [0.5, 0.6) is 0 Å². The Morgan fingerprint density at radius 3 is 2.20 bits per heavy atom. The van der Waals surface area contributed by atoms with Crippen LogP contribution in [0.2, 0.25) is 0 Å². The zero-order valence-corrected chi connectivity index (χ0v) is 8.51. The molecule has 0 spiro atoms. The molecular formula is C11H14F3N. The average Bonchev–Trinajstić information content (AvgIpc) is 2.26. The Morgan fingerprint density at radius 2 is 1.73 bits per heavy atom. The van der Waals surface area contributed by atoms with E-state index in [4.69, 9.17) is 0 Å². The summed E-state index contributed by atoms with van der Waals surface area (Å²) in [5, 5.41) is 2.98. The molecule has 84 valence electrons. The summed E-state index contributed by atoms with van der Waals surface area (Å²) in [6.07, 6.45) is -4.32. The molecule has 15 heavy (non-hydrogen) atoms. The van der Waals surface area contributed by atoms with E-state index in [1.54, 1.807) is 12.1 Å². The third-order valence-corrected chi connectivity index (χ3v) is 2.18. The van der Waals surface area contributed by atoms with Gasteiger partial charge in [-0.25, -0.2) is 13.2 Å². The first-order valence-electron chi connectivity index (χ1n) is 4.81. The van der Waals surface area contributed by atoms with E-state index in [1.807, 2.05) is 7.05 Å². The van der Waals surface area contributed by atoms with E-state index < -0.39 is 12.6 Å². The largest absolute Gasteiger partial charge is 0.319 e. The van der Waals surface area contributed by atoms with Gasteiger partial charge in [-0.1, -0.05) is 24.3 Å². The number of hydrogen-bond acceptors (Lipinski definition) is 1. The molecule has 1 aromatic rings. The summed E-state index contributed by atoms with van der Waals surface area (Å²) in [7, 11) is 1.84. The van der Waals surface area contributed by atoms with Gasteiger partial charge in [0.1, 0.15) is 0 Å². The molecule has 0 saturated heterocycles. The van der Waals surface area contributed by atoms with Gasteiger partial charge in [-0.15, -0.1) is 0 Å². The van der Waals surface area contributed by atoms with Gasteiger partial charge >= 0.3 is 0 Å². The molecule has 0 amide bonds. The van der Waals surface area contributed by atoms with Gasteiger partial charge in [0.25, 0.3) is 6.43 Å². The van der Waals surface area contributed by atoms with Crippen molar-refractivity contribution in [1.82, 2.24) is 5.32 Å². The van der Waals surface area contributed by atoms with Crippen LogP contribution in [0.25, 0.3) is 0 Å². The molecule has 0 aliphatic carbocycles. The lowest BCUT2D eigenvalue weighted by molar-refractivity contribution is 0.0495. The first-order valence-corrected chi connectivity index (χ1v) is 4.81. The summed E-state index contributed by atoms with van der Waals surface area (Å²) in [5.74, 6) is 0. The average molecular weight is 217 g/mol. The van der Waals surface area contributed by atoms with E-state index in [0.717, 1.165) is 18.5 Å². The Morgan fingerprint density at radius 1 is 1.13 bits per heavy atom. The van der Waals surface area contributed by atoms with Crippen molar-refractivity contribution in [2.24, 2.45) is 0 Å². The molecule has 1 nitrogen and oxygen atoms in total. The van der Waals surface area contributed by atoms with Gasteiger partial charge in [-0.05, 0) is 31.1 Å². The normalized spacial score (nSPS) is 13.1. The van der Waals surface area contributed by atoms with Crippen LogP contribution >= 0.6 is 0 Å². The molecule has 0 aliphatic rings. The highest BCUT2D eigenvalue weighted by molar-refractivity contribution is 5.24. The molecular weight excluding hydrogens is 203 g/mol. The number of rotatable bonds is 5. The SMILES string of the molecule is CNCCc1ccc(C(F)C(F)F)cc1. The molecule has 1 atom stereocenters. The lowest BCUT2D eigenvalue weighted by Crippen LogP contribution is -2.10. The lowest BCUT2D eigenvalue weighted by Gasteiger charge is -2.08. The quantitative estimate of drug-likeness (QED) is 0.799. The van der Waals surface area contributed by atoms with Crippen LogP contribution in [0.15, 0.2) is 24.3 Å². The Hall–Kier alpha value is -1.03. The Kier molecular flexibility index (Phi) is 4.62. The van der Waals surface area contributed by atoms with Crippen LogP contribution in [0, 0.1) is 0 Å². The zero-order chi connectivity index (χ0) is 11.3. The summed E-state index contributed by atoms with van der Waals surface area (Å²) in [6.45, 7) is 0.813. The van der Waals surface area contributed by atoms with E-state index >= 15 is 0 Å². The maximum Gasteiger partial charge on any atom is 0.273 e. The maximum atomic E-state index is 12.9. The third kappa shape index (κ3) is 3.55. The molecule has 4 heteroatoms. The first-order chi connectivity index (χ1) is 7.15. The Bertz CT molecular complexity index is 284. The number of nitrogens with one attached hydrogen (secondary N) is 1. The molecule has 0 aliphatic heterocycles. The zero-order valence-electron chi connectivity index (χ0n) is 8.51. The maximum absolute atomic E-state index is 12.9. The predicted octanol–water partition coefficient (Wildman–Crippen LogP) is 2.72. The van der Waals surface area contributed by atoms with Gasteiger partial charge in [0, 0.05) is 0 Å². The summed E-state index contributed by atoms with van der Waals surface area (Å²) < 4.78 is 36.9. The smallest absolute Gasteiger partial charge is 0.273 e. The summed E-state index contributed by atoms with van der Waals surface area (Å²) in [5.41, 5.74) is 1.05. The molecule has 1 rings (SSSR count). The van der Waals surface area contributed by atoms with Crippen LogP contribution in [-0.2, 0) is 6.42 Å². The highest BCUT2D eigenvalue weighted by Crippen LogP contribution is 2.24. The van der Waals surface area contributed by atoms with Crippen LogP contribution in [0.4, 0.5) is 13.2 Å². The molecule has 0 radical (unpaired) electrons. The molecule has 1 aromatic carbocycles. The van der Waals surface area contributed by atoms with Gasteiger partial charge in [0.05, 0.1) is 0 Å². The van der Waals surface area contributed by atoms with E-state index in [0.29, 0.717) is 0 Å². The van der Waals surface area contributed by atoms with Gasteiger partial charge in [-0.3, -0.25) is 0 Å². The monoisotopic (exact) mass is 217 g/mol. The first kappa shape index (κ1) is 12.0. The van der Waals surface area contributed by atoms with Crippen molar-refractivity contribution in [3.05, 3.63) is 35.4 Å². The highest BCUT2D eigenvalue weighted by Gasteiger charge is 2.20. The minimum absolute atomic E-state index is 0.0400. The molecule has 0 fully saturated rings. The number of hydrogen-bond donors (Lipinski definition) is 1. The molecule has 1 N–H and O–H groups in total. The second-order valence-electron chi connectivity index (χ2n) is 3.33. The summed E-state index contributed by atoms with van der Waals surface area (Å²) in [6, 6.07) is 6.20. The predicted molar refractivity (Wildman–Crippen MR) is 53.9 cm³/mol. The van der Waals surface area contributed by atoms with E-state index in [1.165, 1.54) is 12.1 Å². The van der Waals surface area contributed by atoms with Crippen LogP contribution in [0.1, 0.15) is 17.3 Å². The molecule has 0 saturated carbocycles. The minimum Gasteiger partial charge on any atom is -0.319 e. The van der Waals surface area contributed by atoms with Gasteiger partial charge < -0.3 is 5.32 Å². The lowest BCUT2D eigenvalue weighted by atomic mass is 10.1. The molecule has 0 heterocycles. The second kappa shape index (κ2) is 5.75. The minimum atomic E-state index is -2.95. The van der Waals surface area contributed by atoms with Crippen molar-refractivity contribution in [1.29, 1.82) is 0 Å². The molecule has 0 aromatic heterocycles. The molecule has 0 bridgehead atoms. The fraction of sp³-hybridized carbons (Fsp3) is 0.455. The number of likely N-dealkylation sites (N-methyl/N-ethyl adjacent to an activating group) is 1.